The van der Waals surface area contributed by atoms with Gasteiger partial charge in [-0.25, -0.2) is 9.37 Å². The summed E-state index contributed by atoms with van der Waals surface area (Å²) in [5, 5.41) is 0.707. The molecule has 0 bridgehead atoms. The lowest BCUT2D eigenvalue weighted by Gasteiger charge is -2.34. The van der Waals surface area contributed by atoms with Crippen molar-refractivity contribution >= 4 is 17.3 Å². The van der Waals surface area contributed by atoms with Crippen molar-refractivity contribution in [3.8, 4) is 23.0 Å². The Kier molecular flexibility index (Phi) is 6.85. The van der Waals surface area contributed by atoms with E-state index in [-0.39, 0.29) is 5.82 Å². The second-order valence-electron chi connectivity index (χ2n) is 9.46. The number of anilines is 1. The van der Waals surface area contributed by atoms with Crippen LogP contribution in [0.1, 0.15) is 37.4 Å². The van der Waals surface area contributed by atoms with Crippen LogP contribution >= 0.6 is 11.6 Å². The molecule has 0 spiro atoms. The van der Waals surface area contributed by atoms with Gasteiger partial charge < -0.3 is 4.90 Å². The second kappa shape index (κ2) is 10.2. The number of pyridine rings is 1. The van der Waals surface area contributed by atoms with Gasteiger partial charge in [0.15, 0.2) is 0 Å². The topological polar surface area (TPSA) is 19.4 Å². The minimum atomic E-state index is -0.203. The minimum absolute atomic E-state index is 0.203. The summed E-state index contributed by atoms with van der Waals surface area (Å²) in [4.78, 5) is 9.23. The van der Waals surface area contributed by atoms with Crippen molar-refractivity contribution in [3.05, 3.63) is 82.9 Å². The van der Waals surface area contributed by atoms with Gasteiger partial charge in [-0.1, -0.05) is 42.6 Å². The number of aromatic nitrogens is 1. The van der Waals surface area contributed by atoms with E-state index in [2.05, 4.69) is 33.5 Å². The van der Waals surface area contributed by atoms with E-state index in [0.29, 0.717) is 28.0 Å². The molecule has 2 aromatic carbocycles. The third kappa shape index (κ3) is 5.27. The molecule has 0 N–H and O–H groups in total. The predicted octanol–water partition coefficient (Wildman–Crippen LogP) is 6.25. The fourth-order valence-corrected chi connectivity index (χ4v) is 5.04. The summed E-state index contributed by atoms with van der Waals surface area (Å²) in [5.74, 6) is 6.73. The molecule has 1 atom stereocenters. The standard InChI is InChI=1S/C29H29ClFN3/c1-21-12-15-33(16-13-21)27-14-17-34(20-27)29-11-3-22(18-28(29)31)2-9-26-10-6-24(19-32-26)23-4-7-25(30)8-5-23/h3-8,10-11,18-19,21,27H,12-17,20H2,1H3. The van der Waals surface area contributed by atoms with Crippen LogP contribution in [0.25, 0.3) is 11.1 Å². The Bertz CT molecular complexity index is 1190. The maximum atomic E-state index is 15.0. The monoisotopic (exact) mass is 473 g/mol. The largest absolute Gasteiger partial charge is 0.368 e. The van der Waals surface area contributed by atoms with E-state index in [1.165, 1.54) is 25.9 Å². The third-order valence-electron chi connectivity index (χ3n) is 7.06. The second-order valence-corrected chi connectivity index (χ2v) is 9.90. The summed E-state index contributed by atoms with van der Waals surface area (Å²) in [5.41, 5.74) is 4.04. The van der Waals surface area contributed by atoms with E-state index in [1.54, 1.807) is 12.3 Å². The Balaban J connectivity index is 1.23. The van der Waals surface area contributed by atoms with E-state index in [4.69, 9.17) is 11.6 Å². The summed E-state index contributed by atoms with van der Waals surface area (Å²) in [7, 11) is 0. The Morgan fingerprint density at radius 2 is 1.68 bits per heavy atom. The number of hydrogen-bond acceptors (Lipinski definition) is 3. The fraction of sp³-hybridized carbons (Fsp3) is 0.345. The van der Waals surface area contributed by atoms with Gasteiger partial charge in [0.2, 0.25) is 0 Å². The average molecular weight is 474 g/mol. The molecule has 0 aliphatic carbocycles. The van der Waals surface area contributed by atoms with Gasteiger partial charge in [-0.15, -0.1) is 0 Å². The molecule has 3 nitrogen and oxygen atoms in total. The van der Waals surface area contributed by atoms with Crippen LogP contribution in [0.15, 0.2) is 60.8 Å². The van der Waals surface area contributed by atoms with Gasteiger partial charge in [0.25, 0.3) is 0 Å². The molecule has 3 aromatic rings. The van der Waals surface area contributed by atoms with Crippen molar-refractivity contribution in [3.63, 3.8) is 0 Å². The van der Waals surface area contributed by atoms with Crippen molar-refractivity contribution in [1.82, 2.24) is 9.88 Å². The molecule has 3 heterocycles. The highest BCUT2D eigenvalue weighted by Crippen LogP contribution is 2.28. The smallest absolute Gasteiger partial charge is 0.147 e. The first kappa shape index (κ1) is 22.9. The van der Waals surface area contributed by atoms with Crippen LogP contribution in [0.5, 0.6) is 0 Å². The predicted molar refractivity (Wildman–Crippen MR) is 138 cm³/mol. The molecule has 5 heteroatoms. The highest BCUT2D eigenvalue weighted by molar-refractivity contribution is 6.30. The number of benzene rings is 2. The summed E-state index contributed by atoms with van der Waals surface area (Å²) in [6, 6.07) is 17.4. The first-order valence-corrected chi connectivity index (χ1v) is 12.5. The molecular formula is C29H29ClFN3. The number of nitrogens with zero attached hydrogens (tertiary/aromatic N) is 3. The quantitative estimate of drug-likeness (QED) is 0.419. The van der Waals surface area contributed by atoms with Crippen LogP contribution in [0.2, 0.25) is 5.02 Å². The molecular weight excluding hydrogens is 445 g/mol. The SMILES string of the molecule is CC1CCN(C2CCN(c3ccc(C#Cc4ccc(-c5ccc(Cl)cc5)cn4)cc3F)C2)CC1. The zero-order valence-electron chi connectivity index (χ0n) is 19.5. The molecule has 0 saturated carbocycles. The van der Waals surface area contributed by atoms with E-state index in [0.717, 1.165) is 36.6 Å². The van der Waals surface area contributed by atoms with Crippen LogP contribution in [0, 0.1) is 23.6 Å². The van der Waals surface area contributed by atoms with Gasteiger partial charge >= 0.3 is 0 Å². The normalized spacial score (nSPS) is 19.1. The van der Waals surface area contributed by atoms with Crippen molar-refractivity contribution in [2.45, 2.75) is 32.2 Å². The Morgan fingerprint density at radius 1 is 0.912 bits per heavy atom. The molecule has 2 saturated heterocycles. The van der Waals surface area contributed by atoms with Crippen LogP contribution in [0.3, 0.4) is 0 Å². The van der Waals surface area contributed by atoms with Gasteiger partial charge in [0.05, 0.1) is 5.69 Å². The van der Waals surface area contributed by atoms with Crippen molar-refractivity contribution in [1.29, 1.82) is 0 Å². The molecule has 0 radical (unpaired) electrons. The highest BCUT2D eigenvalue weighted by atomic mass is 35.5. The van der Waals surface area contributed by atoms with Gasteiger partial charge in [-0.3, -0.25) is 4.90 Å². The zero-order valence-corrected chi connectivity index (χ0v) is 20.2. The van der Waals surface area contributed by atoms with Crippen molar-refractivity contribution in [2.75, 3.05) is 31.1 Å². The first-order valence-electron chi connectivity index (χ1n) is 12.1. The molecule has 2 aliphatic rings. The van der Waals surface area contributed by atoms with Crippen LogP contribution < -0.4 is 4.90 Å². The summed E-state index contributed by atoms with van der Waals surface area (Å²) < 4.78 is 15.0. The molecule has 34 heavy (non-hydrogen) atoms. The van der Waals surface area contributed by atoms with Crippen molar-refractivity contribution in [2.24, 2.45) is 5.92 Å². The molecule has 0 amide bonds. The van der Waals surface area contributed by atoms with E-state index in [1.807, 2.05) is 48.5 Å². The average Bonchev–Trinajstić information content (AvgIpc) is 3.34. The number of rotatable bonds is 3. The van der Waals surface area contributed by atoms with Gasteiger partial charge in [-0.05, 0) is 86.2 Å². The molecule has 2 fully saturated rings. The molecule has 1 unspecified atom stereocenters. The van der Waals surface area contributed by atoms with Gasteiger partial charge in [0.1, 0.15) is 11.5 Å². The van der Waals surface area contributed by atoms with Crippen molar-refractivity contribution < 1.29 is 4.39 Å². The number of hydrogen-bond donors (Lipinski definition) is 0. The van der Waals surface area contributed by atoms with Crippen LogP contribution in [-0.4, -0.2) is 42.1 Å². The van der Waals surface area contributed by atoms with Gasteiger partial charge in [0, 0.05) is 41.5 Å². The maximum absolute atomic E-state index is 15.0. The number of piperidine rings is 1. The summed E-state index contributed by atoms with van der Waals surface area (Å²) in [6.07, 6.45) is 5.45. The lowest BCUT2D eigenvalue weighted by Crippen LogP contribution is -2.42. The molecule has 2 aliphatic heterocycles. The van der Waals surface area contributed by atoms with Crippen LogP contribution in [-0.2, 0) is 0 Å². The number of halogens is 2. The van der Waals surface area contributed by atoms with Gasteiger partial charge in [-0.2, -0.15) is 0 Å². The molecule has 174 valence electrons. The van der Waals surface area contributed by atoms with Crippen LogP contribution in [0.4, 0.5) is 10.1 Å². The summed E-state index contributed by atoms with van der Waals surface area (Å²) in [6.45, 7) is 6.49. The van der Waals surface area contributed by atoms with E-state index >= 15 is 0 Å². The molecule has 1 aromatic heterocycles. The Morgan fingerprint density at radius 3 is 2.38 bits per heavy atom. The first-order chi connectivity index (χ1) is 16.5. The van der Waals surface area contributed by atoms with E-state index < -0.39 is 0 Å². The highest BCUT2D eigenvalue weighted by Gasteiger charge is 2.30. The fourth-order valence-electron chi connectivity index (χ4n) is 4.91. The third-order valence-corrected chi connectivity index (χ3v) is 7.31. The Hall–Kier alpha value is -2.87. The minimum Gasteiger partial charge on any atom is -0.368 e. The molecule has 5 rings (SSSR count). The lowest BCUT2D eigenvalue weighted by molar-refractivity contribution is 0.147. The Labute approximate surface area is 206 Å². The van der Waals surface area contributed by atoms with E-state index in [9.17, 15) is 4.39 Å². The maximum Gasteiger partial charge on any atom is 0.147 e. The summed E-state index contributed by atoms with van der Waals surface area (Å²) >= 11 is 5.96. The zero-order chi connectivity index (χ0) is 23.5. The number of likely N-dealkylation sites (tertiary alicyclic amines) is 1. The lowest BCUT2D eigenvalue weighted by atomic mass is 9.98.